The van der Waals surface area contributed by atoms with E-state index in [9.17, 15) is 0 Å². The molecule has 0 aliphatic carbocycles. The van der Waals surface area contributed by atoms with Crippen molar-refractivity contribution in [1.29, 1.82) is 0 Å². The van der Waals surface area contributed by atoms with E-state index in [0.29, 0.717) is 6.54 Å². The van der Waals surface area contributed by atoms with Crippen molar-refractivity contribution in [2.45, 2.75) is 13.5 Å². The zero-order valence-electron chi connectivity index (χ0n) is 10.7. The molecule has 2 rings (SSSR count). The minimum atomic E-state index is 0.627. The summed E-state index contributed by atoms with van der Waals surface area (Å²) in [6, 6.07) is 14.5. The lowest BCUT2D eigenvalue weighted by Crippen LogP contribution is -2.29. The van der Waals surface area contributed by atoms with Gasteiger partial charge in [0.05, 0.1) is 0 Å². The highest BCUT2D eigenvalue weighted by Gasteiger charge is 2.07. The highest BCUT2D eigenvalue weighted by molar-refractivity contribution is 5.41. The van der Waals surface area contributed by atoms with Gasteiger partial charge >= 0.3 is 0 Å². The molecule has 0 unspecified atom stereocenters. The number of pyridine rings is 1. The molecule has 0 spiro atoms. The average Bonchev–Trinajstić information content (AvgIpc) is 2.39. The van der Waals surface area contributed by atoms with Crippen molar-refractivity contribution >= 4 is 5.82 Å². The lowest BCUT2D eigenvalue weighted by Gasteiger charge is -2.23. The number of nitrogens with zero attached hydrogens (tertiary/aromatic N) is 2. The minimum Gasteiger partial charge on any atom is -0.351 e. The van der Waals surface area contributed by atoms with Crippen LogP contribution in [0.5, 0.6) is 0 Å². The zero-order chi connectivity index (χ0) is 12.8. The quantitative estimate of drug-likeness (QED) is 0.873. The van der Waals surface area contributed by atoms with Crippen molar-refractivity contribution < 1.29 is 0 Å². The summed E-state index contributed by atoms with van der Waals surface area (Å²) in [4.78, 5) is 6.64. The van der Waals surface area contributed by atoms with E-state index in [1.54, 1.807) is 0 Å². The smallest absolute Gasteiger partial charge is 0.129 e. The predicted octanol–water partition coefficient (Wildman–Crippen LogP) is 2.36. The SMILES string of the molecule is Cc1ccnc(N(CCN)Cc2ccccc2)c1. The van der Waals surface area contributed by atoms with E-state index in [-0.39, 0.29) is 0 Å². The van der Waals surface area contributed by atoms with Gasteiger partial charge in [-0.2, -0.15) is 0 Å². The molecule has 2 aromatic rings. The number of rotatable bonds is 5. The van der Waals surface area contributed by atoms with E-state index in [0.717, 1.165) is 18.9 Å². The molecule has 0 radical (unpaired) electrons. The molecule has 0 saturated carbocycles. The fourth-order valence-electron chi connectivity index (χ4n) is 1.93. The summed E-state index contributed by atoms with van der Waals surface area (Å²) in [6.07, 6.45) is 1.85. The number of nitrogens with two attached hydrogens (primary N) is 1. The zero-order valence-corrected chi connectivity index (χ0v) is 10.7. The van der Waals surface area contributed by atoms with Crippen LogP contribution in [-0.2, 0) is 6.54 Å². The average molecular weight is 241 g/mol. The van der Waals surface area contributed by atoms with Gasteiger partial charge in [-0.25, -0.2) is 4.98 Å². The van der Waals surface area contributed by atoms with Gasteiger partial charge in [-0.15, -0.1) is 0 Å². The minimum absolute atomic E-state index is 0.627. The van der Waals surface area contributed by atoms with E-state index < -0.39 is 0 Å². The summed E-state index contributed by atoms with van der Waals surface area (Å²) in [5, 5.41) is 0. The predicted molar refractivity (Wildman–Crippen MR) is 75.5 cm³/mol. The molecule has 0 aliphatic heterocycles. The van der Waals surface area contributed by atoms with Gasteiger partial charge in [0.1, 0.15) is 5.82 Å². The van der Waals surface area contributed by atoms with Crippen LogP contribution in [0.4, 0.5) is 5.82 Å². The number of aryl methyl sites for hydroxylation is 1. The summed E-state index contributed by atoms with van der Waals surface area (Å²) < 4.78 is 0. The number of aromatic nitrogens is 1. The second-order valence-corrected chi connectivity index (χ2v) is 4.39. The van der Waals surface area contributed by atoms with Gasteiger partial charge < -0.3 is 10.6 Å². The number of benzene rings is 1. The van der Waals surface area contributed by atoms with Crippen LogP contribution in [0, 0.1) is 6.92 Å². The molecule has 2 N–H and O–H groups in total. The van der Waals surface area contributed by atoms with Gasteiger partial charge in [0.2, 0.25) is 0 Å². The van der Waals surface area contributed by atoms with Gasteiger partial charge in [0.25, 0.3) is 0 Å². The molecule has 0 aliphatic rings. The van der Waals surface area contributed by atoms with Crippen LogP contribution in [0.1, 0.15) is 11.1 Å². The molecule has 3 heteroatoms. The summed E-state index contributed by atoms with van der Waals surface area (Å²) in [5.41, 5.74) is 8.18. The maximum atomic E-state index is 5.69. The highest BCUT2D eigenvalue weighted by Crippen LogP contribution is 2.15. The Labute approximate surface area is 108 Å². The molecule has 1 heterocycles. The molecule has 0 fully saturated rings. The van der Waals surface area contributed by atoms with Crippen LogP contribution in [0.3, 0.4) is 0 Å². The third kappa shape index (κ3) is 3.31. The first kappa shape index (κ1) is 12.6. The number of hydrogen-bond donors (Lipinski definition) is 1. The number of hydrogen-bond acceptors (Lipinski definition) is 3. The molecule has 1 aromatic carbocycles. The van der Waals surface area contributed by atoms with Gasteiger partial charge in [-0.1, -0.05) is 30.3 Å². The molecule has 3 nitrogen and oxygen atoms in total. The number of anilines is 1. The van der Waals surface area contributed by atoms with E-state index in [1.165, 1.54) is 11.1 Å². The fourth-order valence-corrected chi connectivity index (χ4v) is 1.93. The van der Waals surface area contributed by atoms with Crippen LogP contribution in [0.25, 0.3) is 0 Å². The van der Waals surface area contributed by atoms with Gasteiger partial charge in [0.15, 0.2) is 0 Å². The maximum Gasteiger partial charge on any atom is 0.129 e. The lowest BCUT2D eigenvalue weighted by molar-refractivity contribution is 0.775. The Morgan fingerprint density at radius 1 is 1.17 bits per heavy atom. The van der Waals surface area contributed by atoms with Crippen molar-refractivity contribution in [2.24, 2.45) is 5.73 Å². The standard InChI is InChI=1S/C15H19N3/c1-13-7-9-17-15(11-13)18(10-8-16)12-14-5-3-2-4-6-14/h2-7,9,11H,8,10,12,16H2,1H3. The largest absolute Gasteiger partial charge is 0.351 e. The second-order valence-electron chi connectivity index (χ2n) is 4.39. The first-order chi connectivity index (χ1) is 8.79. The summed E-state index contributed by atoms with van der Waals surface area (Å²) in [5.74, 6) is 0.990. The lowest BCUT2D eigenvalue weighted by atomic mass is 10.2. The first-order valence-corrected chi connectivity index (χ1v) is 6.21. The van der Waals surface area contributed by atoms with Gasteiger partial charge in [-0.3, -0.25) is 0 Å². The van der Waals surface area contributed by atoms with Gasteiger partial charge in [-0.05, 0) is 30.2 Å². The summed E-state index contributed by atoms with van der Waals surface area (Å²) in [7, 11) is 0. The molecule has 94 valence electrons. The van der Waals surface area contributed by atoms with Crippen LogP contribution >= 0.6 is 0 Å². The molecule has 1 aromatic heterocycles. The Kier molecular flexibility index (Phi) is 4.31. The van der Waals surface area contributed by atoms with Crippen molar-refractivity contribution in [3.05, 3.63) is 59.8 Å². The molecule has 18 heavy (non-hydrogen) atoms. The Balaban J connectivity index is 2.18. The molecular weight excluding hydrogens is 222 g/mol. The van der Waals surface area contributed by atoms with Crippen molar-refractivity contribution in [1.82, 2.24) is 4.98 Å². The van der Waals surface area contributed by atoms with Crippen molar-refractivity contribution in [3.63, 3.8) is 0 Å². The van der Waals surface area contributed by atoms with Crippen LogP contribution in [0.2, 0.25) is 0 Å². The third-order valence-corrected chi connectivity index (χ3v) is 2.84. The second kappa shape index (κ2) is 6.17. The van der Waals surface area contributed by atoms with Gasteiger partial charge in [0, 0.05) is 25.8 Å². The monoisotopic (exact) mass is 241 g/mol. The highest BCUT2D eigenvalue weighted by atomic mass is 15.2. The van der Waals surface area contributed by atoms with E-state index in [4.69, 9.17) is 5.73 Å². The molecular formula is C15H19N3. The normalized spacial score (nSPS) is 10.3. The third-order valence-electron chi connectivity index (χ3n) is 2.84. The first-order valence-electron chi connectivity index (χ1n) is 6.21. The summed E-state index contributed by atoms with van der Waals surface area (Å²) >= 11 is 0. The van der Waals surface area contributed by atoms with Crippen LogP contribution in [0.15, 0.2) is 48.7 Å². The Morgan fingerprint density at radius 3 is 2.61 bits per heavy atom. The Bertz CT molecular complexity index is 482. The molecule has 0 atom stereocenters. The molecule has 0 bridgehead atoms. The Hall–Kier alpha value is -1.87. The van der Waals surface area contributed by atoms with Crippen LogP contribution in [-0.4, -0.2) is 18.1 Å². The molecule has 0 amide bonds. The van der Waals surface area contributed by atoms with Crippen LogP contribution < -0.4 is 10.6 Å². The molecule has 0 saturated heterocycles. The maximum absolute atomic E-state index is 5.69. The van der Waals surface area contributed by atoms with Crippen molar-refractivity contribution in [3.8, 4) is 0 Å². The summed E-state index contributed by atoms with van der Waals surface area (Å²) in [6.45, 7) is 4.36. The van der Waals surface area contributed by atoms with E-state index >= 15 is 0 Å². The van der Waals surface area contributed by atoms with E-state index in [2.05, 4.69) is 47.1 Å². The fraction of sp³-hybridized carbons (Fsp3) is 0.267. The Morgan fingerprint density at radius 2 is 1.94 bits per heavy atom. The topological polar surface area (TPSA) is 42.2 Å². The van der Waals surface area contributed by atoms with Crippen molar-refractivity contribution in [2.75, 3.05) is 18.0 Å². The van der Waals surface area contributed by atoms with E-state index in [1.807, 2.05) is 18.3 Å².